The Labute approximate surface area is 200 Å². The summed E-state index contributed by atoms with van der Waals surface area (Å²) in [4.78, 5) is 10.1. The quantitative estimate of drug-likeness (QED) is 0.271. The standard InChI is InChI=1S/C26H27FN4O2S/c27-20-3-1-2-17(13-20)12-19-4-5-21(28)14-23(19)22-6-9-29-26-24(22)15-25(30-26)18-7-10-31(11-8-18)16-34(32)33/h1-6,9,13-15,18H,7-8,10-12,16,28H2,(H,29,30)(H,32,33). The lowest BCUT2D eigenvalue weighted by atomic mass is 9.92. The van der Waals surface area contributed by atoms with E-state index >= 15 is 0 Å². The van der Waals surface area contributed by atoms with E-state index in [2.05, 4.69) is 16.0 Å². The van der Waals surface area contributed by atoms with Gasteiger partial charge in [0.15, 0.2) is 11.1 Å². The van der Waals surface area contributed by atoms with E-state index < -0.39 is 11.1 Å². The van der Waals surface area contributed by atoms with Gasteiger partial charge in [-0.3, -0.25) is 4.90 Å². The minimum atomic E-state index is -1.80. The van der Waals surface area contributed by atoms with Crippen molar-refractivity contribution < 1.29 is 13.2 Å². The van der Waals surface area contributed by atoms with Crippen LogP contribution in [0.25, 0.3) is 22.2 Å². The monoisotopic (exact) mass is 478 g/mol. The molecule has 0 bridgehead atoms. The zero-order chi connectivity index (χ0) is 23.7. The molecular formula is C26H27FN4O2S. The predicted molar refractivity (Wildman–Crippen MR) is 134 cm³/mol. The van der Waals surface area contributed by atoms with E-state index in [0.29, 0.717) is 18.0 Å². The van der Waals surface area contributed by atoms with Crippen molar-refractivity contribution in [3.8, 4) is 11.1 Å². The number of pyridine rings is 1. The van der Waals surface area contributed by atoms with Crippen LogP contribution in [0.1, 0.15) is 35.6 Å². The zero-order valence-electron chi connectivity index (χ0n) is 18.7. The number of anilines is 1. The fourth-order valence-corrected chi connectivity index (χ4v) is 5.47. The molecular weight excluding hydrogens is 451 g/mol. The number of halogens is 1. The second-order valence-corrected chi connectivity index (χ2v) is 9.81. The van der Waals surface area contributed by atoms with Crippen molar-refractivity contribution in [2.75, 3.05) is 24.7 Å². The summed E-state index contributed by atoms with van der Waals surface area (Å²) in [6.07, 6.45) is 4.23. The number of aromatic nitrogens is 2. The molecule has 34 heavy (non-hydrogen) atoms. The molecule has 5 rings (SSSR count). The fourth-order valence-electron chi connectivity index (χ4n) is 4.90. The molecule has 0 spiro atoms. The number of piperidine rings is 1. The summed E-state index contributed by atoms with van der Waals surface area (Å²) >= 11 is -1.80. The maximum atomic E-state index is 13.8. The number of nitrogens with two attached hydrogens (primary N) is 1. The van der Waals surface area contributed by atoms with Gasteiger partial charge in [-0.05, 0) is 91.0 Å². The smallest absolute Gasteiger partial charge is 0.167 e. The molecule has 3 heterocycles. The third kappa shape index (κ3) is 4.89. The number of rotatable bonds is 6. The van der Waals surface area contributed by atoms with Crippen LogP contribution in [-0.2, 0) is 17.5 Å². The van der Waals surface area contributed by atoms with Crippen molar-refractivity contribution in [2.45, 2.75) is 25.2 Å². The molecule has 0 amide bonds. The third-order valence-corrected chi connectivity index (χ3v) is 7.17. The first-order valence-electron chi connectivity index (χ1n) is 11.4. The molecule has 176 valence electrons. The van der Waals surface area contributed by atoms with Crippen LogP contribution in [-0.4, -0.2) is 42.6 Å². The van der Waals surface area contributed by atoms with Gasteiger partial charge in [-0.15, -0.1) is 0 Å². The number of nitrogens with zero attached hydrogens (tertiary/aromatic N) is 2. The van der Waals surface area contributed by atoms with E-state index in [9.17, 15) is 8.60 Å². The second-order valence-electron chi connectivity index (χ2n) is 8.91. The van der Waals surface area contributed by atoms with Crippen molar-refractivity contribution in [2.24, 2.45) is 0 Å². The van der Waals surface area contributed by atoms with Crippen LogP contribution >= 0.6 is 0 Å². The van der Waals surface area contributed by atoms with E-state index in [1.54, 1.807) is 18.3 Å². The highest BCUT2D eigenvalue weighted by atomic mass is 32.2. The molecule has 4 aromatic rings. The van der Waals surface area contributed by atoms with E-state index in [0.717, 1.165) is 64.9 Å². The van der Waals surface area contributed by atoms with Crippen LogP contribution in [0.5, 0.6) is 0 Å². The summed E-state index contributed by atoms with van der Waals surface area (Å²) in [5.41, 5.74) is 12.8. The fraction of sp³-hybridized carbons (Fsp3) is 0.269. The van der Waals surface area contributed by atoms with Crippen LogP contribution in [0.4, 0.5) is 10.1 Å². The van der Waals surface area contributed by atoms with Crippen molar-refractivity contribution in [3.05, 3.63) is 83.4 Å². The summed E-state index contributed by atoms with van der Waals surface area (Å²) in [6.45, 7) is 1.58. The number of nitrogen functional groups attached to an aromatic ring is 1. The molecule has 0 saturated carbocycles. The summed E-state index contributed by atoms with van der Waals surface area (Å²) in [7, 11) is 0. The average Bonchev–Trinajstić information content (AvgIpc) is 3.25. The molecule has 1 aliphatic rings. The summed E-state index contributed by atoms with van der Waals surface area (Å²) in [6, 6.07) is 16.7. The minimum absolute atomic E-state index is 0.203. The number of aromatic amines is 1. The SMILES string of the molecule is Nc1ccc(Cc2cccc(F)c2)c(-c2ccnc3[nH]c(C4CCN(CS(=O)O)CC4)cc23)c1. The maximum absolute atomic E-state index is 13.8. The highest BCUT2D eigenvalue weighted by molar-refractivity contribution is 7.79. The molecule has 0 aliphatic carbocycles. The lowest BCUT2D eigenvalue weighted by Crippen LogP contribution is -2.35. The van der Waals surface area contributed by atoms with Crippen LogP contribution in [0.15, 0.2) is 60.8 Å². The number of benzene rings is 2. The predicted octanol–water partition coefficient (Wildman–Crippen LogP) is 4.90. The zero-order valence-corrected chi connectivity index (χ0v) is 19.5. The highest BCUT2D eigenvalue weighted by Crippen LogP contribution is 2.36. The number of hydrogen-bond donors (Lipinski definition) is 3. The van der Waals surface area contributed by atoms with E-state index in [-0.39, 0.29) is 11.7 Å². The van der Waals surface area contributed by atoms with Gasteiger partial charge in [0.05, 0.1) is 0 Å². The molecule has 1 aliphatic heterocycles. The lowest BCUT2D eigenvalue weighted by Gasteiger charge is -2.30. The van der Waals surface area contributed by atoms with Gasteiger partial charge in [-0.1, -0.05) is 18.2 Å². The first-order valence-corrected chi connectivity index (χ1v) is 12.6. The molecule has 1 unspecified atom stereocenters. The van der Waals surface area contributed by atoms with Crippen molar-refractivity contribution in [3.63, 3.8) is 0 Å². The summed E-state index contributed by atoms with van der Waals surface area (Å²) in [5, 5.41) is 1.03. The lowest BCUT2D eigenvalue weighted by molar-refractivity contribution is 0.239. The first-order chi connectivity index (χ1) is 16.5. The minimum Gasteiger partial charge on any atom is -0.399 e. The normalized spacial score (nSPS) is 16.2. The molecule has 4 N–H and O–H groups in total. The van der Waals surface area contributed by atoms with E-state index in [1.807, 2.05) is 35.2 Å². The second kappa shape index (κ2) is 9.66. The van der Waals surface area contributed by atoms with Gasteiger partial charge in [0.2, 0.25) is 0 Å². The third-order valence-electron chi connectivity index (χ3n) is 6.58. The molecule has 6 nitrogen and oxygen atoms in total. The van der Waals surface area contributed by atoms with Gasteiger partial charge in [0.1, 0.15) is 17.3 Å². The molecule has 0 radical (unpaired) electrons. The van der Waals surface area contributed by atoms with Gasteiger partial charge >= 0.3 is 0 Å². The Morgan fingerprint density at radius 2 is 1.94 bits per heavy atom. The van der Waals surface area contributed by atoms with Crippen molar-refractivity contribution in [1.82, 2.24) is 14.9 Å². The number of likely N-dealkylation sites (tertiary alicyclic amines) is 1. The summed E-state index contributed by atoms with van der Waals surface area (Å²) < 4.78 is 34.0. The summed E-state index contributed by atoms with van der Waals surface area (Å²) in [5.74, 6) is 0.305. The van der Waals surface area contributed by atoms with E-state index in [4.69, 9.17) is 10.3 Å². The highest BCUT2D eigenvalue weighted by Gasteiger charge is 2.23. The molecule has 1 atom stereocenters. The van der Waals surface area contributed by atoms with Crippen LogP contribution < -0.4 is 5.73 Å². The molecule has 2 aromatic heterocycles. The van der Waals surface area contributed by atoms with Gasteiger partial charge in [0, 0.05) is 28.9 Å². The Kier molecular flexibility index (Phi) is 6.45. The molecule has 2 aromatic carbocycles. The Hall–Kier alpha value is -3.07. The van der Waals surface area contributed by atoms with E-state index in [1.165, 1.54) is 6.07 Å². The van der Waals surface area contributed by atoms with Gasteiger partial charge in [-0.2, -0.15) is 0 Å². The maximum Gasteiger partial charge on any atom is 0.167 e. The van der Waals surface area contributed by atoms with Crippen LogP contribution in [0.2, 0.25) is 0 Å². The van der Waals surface area contributed by atoms with Gasteiger partial charge in [0.25, 0.3) is 0 Å². The van der Waals surface area contributed by atoms with Crippen LogP contribution in [0, 0.1) is 5.82 Å². The molecule has 8 heteroatoms. The number of nitrogens with one attached hydrogen (secondary N) is 1. The van der Waals surface area contributed by atoms with Crippen molar-refractivity contribution in [1.29, 1.82) is 0 Å². The number of fused-ring (bicyclic) bond motifs is 1. The topological polar surface area (TPSA) is 95.2 Å². The van der Waals surface area contributed by atoms with Gasteiger partial charge in [-0.25, -0.2) is 13.6 Å². The number of hydrogen-bond acceptors (Lipinski definition) is 4. The Balaban J connectivity index is 1.48. The number of H-pyrrole nitrogens is 1. The molecule has 1 saturated heterocycles. The van der Waals surface area contributed by atoms with Gasteiger partial charge < -0.3 is 15.3 Å². The van der Waals surface area contributed by atoms with Crippen LogP contribution in [0.3, 0.4) is 0 Å². The van der Waals surface area contributed by atoms with Crippen molar-refractivity contribution >= 4 is 27.8 Å². The first kappa shape index (κ1) is 22.7. The Morgan fingerprint density at radius 3 is 2.71 bits per heavy atom. The molecule has 1 fully saturated rings. The largest absolute Gasteiger partial charge is 0.399 e. The average molecular weight is 479 g/mol. The Bertz CT molecular complexity index is 1350. The Morgan fingerprint density at radius 1 is 1.12 bits per heavy atom.